The molecule has 4 nitrogen and oxygen atoms in total. The smallest absolute Gasteiger partial charge is 0.335 e. The predicted octanol–water partition coefficient (Wildman–Crippen LogP) is 3.11. The average molecular weight is 299 g/mol. The molecule has 0 radical (unpaired) electrons. The lowest BCUT2D eigenvalue weighted by Gasteiger charge is -2.14. The summed E-state index contributed by atoms with van der Waals surface area (Å²) in [5, 5.41) is 12.4. The lowest BCUT2D eigenvalue weighted by atomic mass is 10.1. The molecule has 0 bridgehead atoms. The van der Waals surface area contributed by atoms with Crippen LogP contribution in [0.25, 0.3) is 0 Å². The summed E-state index contributed by atoms with van der Waals surface area (Å²) >= 11 is 0. The molecule has 2 rings (SSSR count). The lowest BCUT2D eigenvalue weighted by molar-refractivity contribution is 0.0696. The second kappa shape index (κ2) is 7.61. The first kappa shape index (κ1) is 16.0. The zero-order valence-electron chi connectivity index (χ0n) is 12.9. The van der Waals surface area contributed by atoms with Crippen molar-refractivity contribution in [3.05, 3.63) is 65.2 Å². The summed E-state index contributed by atoms with van der Waals surface area (Å²) < 4.78 is 5.23. The number of carbonyl (C=O) groups is 1. The van der Waals surface area contributed by atoms with E-state index in [1.54, 1.807) is 25.3 Å². The topological polar surface area (TPSA) is 58.6 Å². The van der Waals surface area contributed by atoms with Crippen LogP contribution in [0.1, 0.15) is 28.4 Å². The van der Waals surface area contributed by atoms with E-state index in [2.05, 4.69) is 18.3 Å². The van der Waals surface area contributed by atoms with Crippen LogP contribution in [0, 0.1) is 0 Å². The van der Waals surface area contributed by atoms with Crippen LogP contribution in [0.3, 0.4) is 0 Å². The third-order valence-corrected chi connectivity index (χ3v) is 3.50. The zero-order valence-corrected chi connectivity index (χ0v) is 12.9. The highest BCUT2D eigenvalue weighted by Gasteiger charge is 2.06. The van der Waals surface area contributed by atoms with Crippen LogP contribution < -0.4 is 10.1 Å². The van der Waals surface area contributed by atoms with Gasteiger partial charge in [0.2, 0.25) is 0 Å². The first-order chi connectivity index (χ1) is 10.6. The molecular weight excluding hydrogens is 278 g/mol. The van der Waals surface area contributed by atoms with Gasteiger partial charge in [0.15, 0.2) is 0 Å². The van der Waals surface area contributed by atoms with Crippen LogP contribution in [0.4, 0.5) is 0 Å². The van der Waals surface area contributed by atoms with E-state index in [1.165, 1.54) is 5.56 Å². The Hall–Kier alpha value is -2.33. The Balaban J connectivity index is 1.90. The normalized spacial score (nSPS) is 11.9. The van der Waals surface area contributed by atoms with Crippen molar-refractivity contribution in [1.29, 1.82) is 0 Å². The van der Waals surface area contributed by atoms with Crippen molar-refractivity contribution < 1.29 is 14.6 Å². The maximum atomic E-state index is 11.0. The molecule has 2 aromatic rings. The molecule has 0 saturated heterocycles. The number of rotatable bonds is 7. The van der Waals surface area contributed by atoms with Crippen molar-refractivity contribution in [2.24, 2.45) is 0 Å². The van der Waals surface area contributed by atoms with Gasteiger partial charge in [-0.3, -0.25) is 0 Å². The van der Waals surface area contributed by atoms with Crippen LogP contribution in [0.5, 0.6) is 5.75 Å². The van der Waals surface area contributed by atoms with Crippen LogP contribution in [0.2, 0.25) is 0 Å². The molecule has 4 heteroatoms. The van der Waals surface area contributed by atoms with Crippen LogP contribution in [0.15, 0.2) is 48.5 Å². The van der Waals surface area contributed by atoms with E-state index in [9.17, 15) is 4.79 Å². The second-order valence-electron chi connectivity index (χ2n) is 5.34. The number of carboxylic acids is 1. The van der Waals surface area contributed by atoms with Gasteiger partial charge in [-0.1, -0.05) is 24.3 Å². The standard InChI is InChI=1S/C18H21NO3/c1-13(9-14-5-4-8-17(11-14)22-2)19-12-15-6-3-7-16(10-15)18(20)21/h3-8,10-11,13,19H,9,12H2,1-2H3,(H,20,21). The highest BCUT2D eigenvalue weighted by Crippen LogP contribution is 2.14. The Bertz CT molecular complexity index is 640. The summed E-state index contributed by atoms with van der Waals surface area (Å²) in [4.78, 5) is 11.0. The van der Waals surface area contributed by atoms with Crippen molar-refractivity contribution in [3.8, 4) is 5.75 Å². The van der Waals surface area contributed by atoms with Crippen molar-refractivity contribution in [2.45, 2.75) is 25.9 Å². The van der Waals surface area contributed by atoms with Gasteiger partial charge in [0.25, 0.3) is 0 Å². The molecule has 0 aliphatic carbocycles. The minimum absolute atomic E-state index is 0.278. The summed E-state index contributed by atoms with van der Waals surface area (Å²) in [5.41, 5.74) is 2.50. The van der Waals surface area contributed by atoms with Crippen molar-refractivity contribution in [2.75, 3.05) is 7.11 Å². The predicted molar refractivity (Wildman–Crippen MR) is 86.4 cm³/mol. The van der Waals surface area contributed by atoms with E-state index in [1.807, 2.05) is 24.3 Å². The number of aromatic carboxylic acids is 1. The quantitative estimate of drug-likeness (QED) is 0.825. The highest BCUT2D eigenvalue weighted by molar-refractivity contribution is 5.87. The number of ether oxygens (including phenoxy) is 1. The Labute approximate surface area is 130 Å². The lowest BCUT2D eigenvalue weighted by Crippen LogP contribution is -2.27. The molecule has 116 valence electrons. The maximum Gasteiger partial charge on any atom is 0.335 e. The highest BCUT2D eigenvalue weighted by atomic mass is 16.5. The van der Waals surface area contributed by atoms with E-state index in [4.69, 9.17) is 9.84 Å². The summed E-state index contributed by atoms with van der Waals surface area (Å²) in [6.07, 6.45) is 0.885. The molecule has 0 aromatic heterocycles. The Morgan fingerprint density at radius 1 is 1.18 bits per heavy atom. The SMILES string of the molecule is COc1cccc(CC(C)NCc2cccc(C(=O)O)c2)c1. The number of methoxy groups -OCH3 is 1. The molecule has 1 atom stereocenters. The molecule has 22 heavy (non-hydrogen) atoms. The molecule has 0 saturated carbocycles. The van der Waals surface area contributed by atoms with Gasteiger partial charge in [-0.15, -0.1) is 0 Å². The second-order valence-corrected chi connectivity index (χ2v) is 5.34. The van der Waals surface area contributed by atoms with Crippen LogP contribution in [-0.2, 0) is 13.0 Å². The molecule has 0 amide bonds. The fourth-order valence-electron chi connectivity index (χ4n) is 2.33. The number of carboxylic acid groups (broad SMARTS) is 1. The first-order valence-corrected chi connectivity index (χ1v) is 7.27. The van der Waals surface area contributed by atoms with Crippen molar-refractivity contribution >= 4 is 5.97 Å². The summed E-state index contributed by atoms with van der Waals surface area (Å²) in [6, 6.07) is 15.3. The zero-order chi connectivity index (χ0) is 15.9. The number of nitrogens with one attached hydrogen (secondary N) is 1. The molecular formula is C18H21NO3. The summed E-state index contributed by atoms with van der Waals surface area (Å²) in [6.45, 7) is 2.76. The molecule has 0 fully saturated rings. The maximum absolute atomic E-state index is 11.0. The van der Waals surface area contributed by atoms with Gasteiger partial charge >= 0.3 is 5.97 Å². The molecule has 0 heterocycles. The van der Waals surface area contributed by atoms with Gasteiger partial charge in [-0.25, -0.2) is 4.79 Å². The van der Waals surface area contributed by atoms with Crippen LogP contribution in [-0.4, -0.2) is 24.2 Å². The van der Waals surface area contributed by atoms with Crippen molar-refractivity contribution in [3.63, 3.8) is 0 Å². The van der Waals surface area contributed by atoms with Gasteiger partial charge < -0.3 is 15.2 Å². The van der Waals surface area contributed by atoms with Crippen LogP contribution >= 0.6 is 0 Å². The van der Waals surface area contributed by atoms with Gasteiger partial charge in [0.05, 0.1) is 12.7 Å². The van der Waals surface area contributed by atoms with Gasteiger partial charge in [-0.05, 0) is 48.7 Å². The number of hydrogen-bond donors (Lipinski definition) is 2. The molecule has 2 aromatic carbocycles. The van der Waals surface area contributed by atoms with Gasteiger partial charge in [0.1, 0.15) is 5.75 Å². The third kappa shape index (κ3) is 4.60. The fourth-order valence-corrected chi connectivity index (χ4v) is 2.33. The van der Waals surface area contributed by atoms with E-state index < -0.39 is 5.97 Å². The molecule has 2 N–H and O–H groups in total. The summed E-state index contributed by atoms with van der Waals surface area (Å²) in [7, 11) is 1.66. The fraction of sp³-hybridized carbons (Fsp3) is 0.278. The Kier molecular flexibility index (Phi) is 5.55. The Morgan fingerprint density at radius 2 is 1.91 bits per heavy atom. The number of benzene rings is 2. The van der Waals surface area contributed by atoms with Gasteiger partial charge in [0, 0.05) is 12.6 Å². The Morgan fingerprint density at radius 3 is 2.64 bits per heavy atom. The summed E-state index contributed by atoms with van der Waals surface area (Å²) in [5.74, 6) is -0.0369. The molecule has 0 aliphatic heterocycles. The third-order valence-electron chi connectivity index (χ3n) is 3.50. The number of hydrogen-bond acceptors (Lipinski definition) is 3. The van der Waals surface area contributed by atoms with Crippen molar-refractivity contribution in [1.82, 2.24) is 5.32 Å². The average Bonchev–Trinajstić information content (AvgIpc) is 2.53. The van der Waals surface area contributed by atoms with E-state index in [0.717, 1.165) is 17.7 Å². The first-order valence-electron chi connectivity index (χ1n) is 7.27. The molecule has 0 aliphatic rings. The molecule has 1 unspecified atom stereocenters. The van der Waals surface area contributed by atoms with E-state index >= 15 is 0 Å². The largest absolute Gasteiger partial charge is 0.497 e. The van der Waals surface area contributed by atoms with E-state index in [0.29, 0.717) is 12.1 Å². The van der Waals surface area contributed by atoms with Gasteiger partial charge in [-0.2, -0.15) is 0 Å². The van der Waals surface area contributed by atoms with E-state index in [-0.39, 0.29) is 6.04 Å². The minimum atomic E-state index is -0.897. The molecule has 0 spiro atoms. The monoisotopic (exact) mass is 299 g/mol. The minimum Gasteiger partial charge on any atom is -0.497 e.